The Balaban J connectivity index is 3.14. The Morgan fingerprint density at radius 1 is 1.30 bits per heavy atom. The first-order valence-corrected chi connectivity index (χ1v) is 6.43. The van der Waals surface area contributed by atoms with Crippen molar-refractivity contribution in [2.75, 3.05) is 32.1 Å². The highest BCUT2D eigenvalue weighted by atomic mass is 32.1. The highest BCUT2D eigenvalue weighted by molar-refractivity contribution is 7.80. The fourth-order valence-electron chi connectivity index (χ4n) is 1.65. The molecule has 20 heavy (non-hydrogen) atoms. The Hall–Kier alpha value is -1.76. The number of amides is 1. The summed E-state index contributed by atoms with van der Waals surface area (Å²) in [6, 6.07) is 2.69. The number of thiocarbonyl (C=S) groups is 1. The van der Waals surface area contributed by atoms with Crippen molar-refractivity contribution >= 4 is 28.8 Å². The van der Waals surface area contributed by atoms with E-state index in [0.29, 0.717) is 6.54 Å². The van der Waals surface area contributed by atoms with Gasteiger partial charge in [0.05, 0.1) is 12.2 Å². The predicted molar refractivity (Wildman–Crippen MR) is 78.8 cm³/mol. The normalized spacial score (nSPS) is 10.2. The maximum Gasteiger partial charge on any atom is 0.241 e. The van der Waals surface area contributed by atoms with Gasteiger partial charge in [-0.15, -0.1) is 0 Å². The van der Waals surface area contributed by atoms with E-state index in [4.69, 9.17) is 5.73 Å². The molecule has 110 valence electrons. The zero-order valence-electron chi connectivity index (χ0n) is 11.6. The van der Waals surface area contributed by atoms with Crippen LogP contribution in [0.4, 0.5) is 14.5 Å². The summed E-state index contributed by atoms with van der Waals surface area (Å²) < 4.78 is 27.9. The Morgan fingerprint density at radius 3 is 2.35 bits per heavy atom. The minimum Gasteiger partial charge on any atom is -0.389 e. The molecule has 0 spiro atoms. The van der Waals surface area contributed by atoms with Crippen LogP contribution in [0.15, 0.2) is 12.1 Å². The zero-order chi connectivity index (χ0) is 15.4. The molecule has 1 aromatic rings. The van der Waals surface area contributed by atoms with Gasteiger partial charge < -0.3 is 15.5 Å². The molecule has 0 aromatic heterocycles. The van der Waals surface area contributed by atoms with E-state index in [1.54, 1.807) is 21.0 Å². The van der Waals surface area contributed by atoms with Gasteiger partial charge >= 0.3 is 0 Å². The van der Waals surface area contributed by atoms with Gasteiger partial charge in [0.1, 0.15) is 4.99 Å². The number of nitrogens with two attached hydrogens (primary N) is 1. The largest absolute Gasteiger partial charge is 0.389 e. The van der Waals surface area contributed by atoms with Gasteiger partial charge in [-0.25, -0.2) is 8.78 Å². The number of carbonyl (C=O) groups is 1. The number of anilines is 1. The Kier molecular flexibility index (Phi) is 5.38. The highest BCUT2D eigenvalue weighted by Gasteiger charge is 2.20. The quantitative estimate of drug-likeness (QED) is 0.838. The lowest BCUT2D eigenvalue weighted by atomic mass is 10.1. The molecular weight excluding hydrogens is 284 g/mol. The second kappa shape index (κ2) is 6.60. The van der Waals surface area contributed by atoms with E-state index >= 15 is 0 Å². The number of benzene rings is 1. The smallest absolute Gasteiger partial charge is 0.241 e. The van der Waals surface area contributed by atoms with Crippen LogP contribution < -0.4 is 10.6 Å². The number of hydrogen-bond acceptors (Lipinski definition) is 3. The van der Waals surface area contributed by atoms with Crippen LogP contribution in [0.25, 0.3) is 0 Å². The van der Waals surface area contributed by atoms with Gasteiger partial charge in [0.2, 0.25) is 5.91 Å². The van der Waals surface area contributed by atoms with Gasteiger partial charge in [-0.2, -0.15) is 0 Å². The summed E-state index contributed by atoms with van der Waals surface area (Å²) in [5, 5.41) is 0. The highest BCUT2D eigenvalue weighted by Crippen LogP contribution is 2.24. The molecule has 0 aliphatic carbocycles. The topological polar surface area (TPSA) is 49.6 Å². The molecule has 1 aromatic carbocycles. The van der Waals surface area contributed by atoms with Gasteiger partial charge in [-0.1, -0.05) is 12.2 Å². The van der Waals surface area contributed by atoms with E-state index in [9.17, 15) is 13.6 Å². The lowest BCUT2D eigenvalue weighted by Gasteiger charge is -2.25. The molecule has 0 heterocycles. The van der Waals surface area contributed by atoms with Crippen molar-refractivity contribution in [2.45, 2.75) is 6.92 Å². The van der Waals surface area contributed by atoms with Crippen LogP contribution in [-0.2, 0) is 4.79 Å². The third kappa shape index (κ3) is 3.41. The van der Waals surface area contributed by atoms with E-state index in [1.165, 1.54) is 21.9 Å². The van der Waals surface area contributed by atoms with E-state index in [1.807, 2.05) is 0 Å². The van der Waals surface area contributed by atoms with Crippen molar-refractivity contribution in [3.05, 3.63) is 29.3 Å². The number of likely N-dealkylation sites (N-methyl/N-ethyl adjacent to an activating group) is 2. The minimum absolute atomic E-state index is 0.0141. The molecule has 1 rings (SSSR count). The van der Waals surface area contributed by atoms with Gasteiger partial charge in [-0.3, -0.25) is 4.79 Å². The maximum absolute atomic E-state index is 14.1. The SMILES string of the molecule is CCN(CC(=O)N(C)C)c1ccc(C(N)=S)c(F)c1F. The van der Waals surface area contributed by atoms with Crippen molar-refractivity contribution < 1.29 is 13.6 Å². The molecule has 7 heteroatoms. The first-order chi connectivity index (χ1) is 9.29. The molecular formula is C13H17F2N3OS. The first-order valence-electron chi connectivity index (χ1n) is 6.02. The van der Waals surface area contributed by atoms with Crippen LogP contribution in [0.5, 0.6) is 0 Å². The van der Waals surface area contributed by atoms with E-state index in [-0.39, 0.29) is 28.7 Å². The van der Waals surface area contributed by atoms with Gasteiger partial charge in [0.25, 0.3) is 0 Å². The van der Waals surface area contributed by atoms with Gasteiger partial charge in [-0.05, 0) is 19.1 Å². The number of halogens is 2. The Labute approximate surface area is 122 Å². The second-order valence-corrected chi connectivity index (χ2v) is 4.87. The molecule has 2 N–H and O–H groups in total. The average molecular weight is 301 g/mol. The van der Waals surface area contributed by atoms with Crippen molar-refractivity contribution in [3.8, 4) is 0 Å². The van der Waals surface area contributed by atoms with Crippen LogP contribution in [0.3, 0.4) is 0 Å². The van der Waals surface area contributed by atoms with Crippen LogP contribution in [-0.4, -0.2) is 43.0 Å². The summed E-state index contributed by atoms with van der Waals surface area (Å²) in [6.07, 6.45) is 0. The molecule has 0 bridgehead atoms. The molecule has 0 fully saturated rings. The molecule has 0 saturated carbocycles. The number of carbonyl (C=O) groups excluding carboxylic acids is 1. The summed E-state index contributed by atoms with van der Waals surface area (Å²) in [7, 11) is 3.20. The molecule has 0 aliphatic heterocycles. The fourth-order valence-corrected chi connectivity index (χ4v) is 1.80. The van der Waals surface area contributed by atoms with Crippen molar-refractivity contribution in [2.24, 2.45) is 5.73 Å². The summed E-state index contributed by atoms with van der Waals surface area (Å²) >= 11 is 4.65. The average Bonchev–Trinajstić information content (AvgIpc) is 2.38. The van der Waals surface area contributed by atoms with Crippen molar-refractivity contribution in [1.82, 2.24) is 4.90 Å². The van der Waals surface area contributed by atoms with Crippen LogP contribution >= 0.6 is 12.2 Å². The molecule has 1 amide bonds. The maximum atomic E-state index is 14.1. The molecule has 0 aliphatic rings. The summed E-state index contributed by atoms with van der Waals surface area (Å²) in [6.45, 7) is 2.08. The number of rotatable bonds is 5. The Bertz CT molecular complexity index is 535. The molecule has 0 saturated heterocycles. The summed E-state index contributed by atoms with van der Waals surface area (Å²) in [5.41, 5.74) is 5.18. The van der Waals surface area contributed by atoms with E-state index < -0.39 is 11.6 Å². The predicted octanol–water partition coefficient (Wildman–Crippen LogP) is 1.51. The number of hydrogen-bond donors (Lipinski definition) is 1. The van der Waals surface area contributed by atoms with E-state index in [0.717, 1.165) is 0 Å². The van der Waals surface area contributed by atoms with Crippen molar-refractivity contribution in [1.29, 1.82) is 0 Å². The third-order valence-electron chi connectivity index (χ3n) is 2.87. The first kappa shape index (κ1) is 16.3. The van der Waals surface area contributed by atoms with E-state index in [2.05, 4.69) is 12.2 Å². The van der Waals surface area contributed by atoms with Crippen molar-refractivity contribution in [3.63, 3.8) is 0 Å². The summed E-state index contributed by atoms with van der Waals surface area (Å²) in [4.78, 5) is 14.3. The third-order valence-corrected chi connectivity index (χ3v) is 3.09. The molecule has 0 radical (unpaired) electrons. The van der Waals surface area contributed by atoms with Crippen LogP contribution in [0, 0.1) is 11.6 Å². The van der Waals surface area contributed by atoms with Gasteiger partial charge in [0, 0.05) is 26.2 Å². The van der Waals surface area contributed by atoms with Crippen LogP contribution in [0.2, 0.25) is 0 Å². The summed E-state index contributed by atoms with van der Waals surface area (Å²) in [5.74, 6) is -2.35. The second-order valence-electron chi connectivity index (χ2n) is 4.43. The molecule has 0 unspecified atom stereocenters. The standard InChI is InChI=1S/C13H17F2N3OS/c1-4-18(7-10(19)17(2)3)9-6-5-8(13(16)20)11(14)12(9)15/h5-6H,4,7H2,1-3H3,(H2,16,20). The Morgan fingerprint density at radius 2 is 1.90 bits per heavy atom. The monoisotopic (exact) mass is 301 g/mol. The fraction of sp³-hybridized carbons (Fsp3) is 0.385. The minimum atomic E-state index is -1.09. The lowest BCUT2D eigenvalue weighted by molar-refractivity contribution is -0.127. The molecule has 4 nitrogen and oxygen atoms in total. The number of nitrogens with zero attached hydrogens (tertiary/aromatic N) is 2. The zero-order valence-corrected chi connectivity index (χ0v) is 12.4. The lowest BCUT2D eigenvalue weighted by Crippen LogP contribution is -2.37. The van der Waals surface area contributed by atoms with Crippen LogP contribution in [0.1, 0.15) is 12.5 Å². The molecule has 0 atom stereocenters. The van der Waals surface area contributed by atoms with Gasteiger partial charge in [0.15, 0.2) is 11.6 Å².